The second-order valence-corrected chi connectivity index (χ2v) is 10.8. The van der Waals surface area contributed by atoms with Crippen LogP contribution in [0.4, 0.5) is 5.69 Å². The van der Waals surface area contributed by atoms with Crippen LogP contribution in [0.5, 0.6) is 11.5 Å². The number of anilines is 1. The summed E-state index contributed by atoms with van der Waals surface area (Å²) in [6.07, 6.45) is 4.34. The van der Waals surface area contributed by atoms with Crippen molar-refractivity contribution in [3.8, 4) is 11.5 Å². The predicted molar refractivity (Wildman–Crippen MR) is 146 cm³/mol. The lowest BCUT2D eigenvalue weighted by Gasteiger charge is -2.35. The number of rotatable bonds is 10. The molecule has 5 rings (SSSR count). The van der Waals surface area contributed by atoms with Gasteiger partial charge in [-0.25, -0.2) is 0 Å². The van der Waals surface area contributed by atoms with Crippen LogP contribution in [-0.4, -0.2) is 74.9 Å². The fraction of sp³-hybridized carbons (Fsp3) is 0.533. The summed E-state index contributed by atoms with van der Waals surface area (Å²) in [7, 11) is 1.66. The molecule has 38 heavy (non-hydrogen) atoms. The van der Waals surface area contributed by atoms with Crippen molar-refractivity contribution in [2.75, 3.05) is 57.9 Å². The first-order valence-electron chi connectivity index (χ1n) is 13.9. The van der Waals surface area contributed by atoms with Gasteiger partial charge in [-0.05, 0) is 73.3 Å². The van der Waals surface area contributed by atoms with E-state index in [-0.39, 0.29) is 18.2 Å². The highest BCUT2D eigenvalue weighted by atomic mass is 16.5. The van der Waals surface area contributed by atoms with E-state index in [0.29, 0.717) is 18.4 Å². The number of amides is 1. The number of methoxy groups -OCH3 is 1. The Morgan fingerprint density at radius 2 is 1.76 bits per heavy atom. The van der Waals surface area contributed by atoms with Crippen LogP contribution in [0.3, 0.4) is 0 Å². The number of carbonyl (C=O) groups excluding carboxylic acids is 1. The third-order valence-corrected chi connectivity index (χ3v) is 8.15. The molecule has 2 aromatic rings. The molecule has 2 N–H and O–H groups in total. The van der Waals surface area contributed by atoms with Gasteiger partial charge in [0.1, 0.15) is 11.5 Å². The first-order chi connectivity index (χ1) is 18.5. The summed E-state index contributed by atoms with van der Waals surface area (Å²) in [5.41, 5.74) is 2.76. The lowest BCUT2D eigenvalue weighted by Crippen LogP contribution is -2.47. The zero-order valence-corrected chi connectivity index (χ0v) is 22.2. The lowest BCUT2D eigenvalue weighted by molar-refractivity contribution is -0.137. The molecule has 8 nitrogen and oxygen atoms in total. The van der Waals surface area contributed by atoms with Crippen LogP contribution >= 0.6 is 0 Å². The molecule has 2 aromatic carbocycles. The van der Waals surface area contributed by atoms with E-state index in [4.69, 9.17) is 9.47 Å². The number of nitrogens with one attached hydrogen (secondary N) is 1. The Labute approximate surface area is 224 Å². The molecule has 2 heterocycles. The number of carbonyl (C=O) groups is 2. The summed E-state index contributed by atoms with van der Waals surface area (Å²) in [5.74, 6) is 1.89. The van der Waals surface area contributed by atoms with Gasteiger partial charge in [0.05, 0.1) is 31.4 Å². The van der Waals surface area contributed by atoms with E-state index in [0.717, 1.165) is 93.3 Å². The fourth-order valence-electron chi connectivity index (χ4n) is 5.75. The average Bonchev–Trinajstić information content (AvgIpc) is 3.80. The smallest absolute Gasteiger partial charge is 0.303 e. The summed E-state index contributed by atoms with van der Waals surface area (Å²) in [4.78, 5) is 29.0. The number of hydrogen-bond acceptors (Lipinski definition) is 6. The fourth-order valence-corrected chi connectivity index (χ4v) is 5.75. The molecule has 2 saturated heterocycles. The van der Waals surface area contributed by atoms with Gasteiger partial charge < -0.3 is 29.7 Å². The molecule has 204 valence electrons. The van der Waals surface area contributed by atoms with E-state index in [1.54, 1.807) is 7.11 Å². The van der Waals surface area contributed by atoms with Gasteiger partial charge in [-0.3, -0.25) is 9.59 Å². The lowest BCUT2D eigenvalue weighted by atomic mass is 9.91. The van der Waals surface area contributed by atoms with Gasteiger partial charge in [0.25, 0.3) is 5.91 Å². The summed E-state index contributed by atoms with van der Waals surface area (Å²) < 4.78 is 11.7. The van der Waals surface area contributed by atoms with Crippen LogP contribution in [0.1, 0.15) is 53.9 Å². The second-order valence-electron chi connectivity index (χ2n) is 10.8. The molecule has 0 radical (unpaired) electrons. The molecule has 1 aliphatic carbocycles. The summed E-state index contributed by atoms with van der Waals surface area (Å²) >= 11 is 0. The highest BCUT2D eigenvalue weighted by Crippen LogP contribution is 2.45. The molecule has 3 fully saturated rings. The van der Waals surface area contributed by atoms with Crippen molar-refractivity contribution >= 4 is 17.6 Å². The van der Waals surface area contributed by atoms with Gasteiger partial charge >= 0.3 is 5.97 Å². The molecular formula is C30H39N3O5. The van der Waals surface area contributed by atoms with E-state index in [1.165, 1.54) is 0 Å². The van der Waals surface area contributed by atoms with Crippen LogP contribution in [0.15, 0.2) is 42.5 Å². The minimum atomic E-state index is -0.742. The Kier molecular flexibility index (Phi) is 8.37. The summed E-state index contributed by atoms with van der Waals surface area (Å²) in [6, 6.07) is 13.8. The molecule has 0 spiro atoms. The Bertz CT molecular complexity index is 1120. The largest absolute Gasteiger partial charge is 0.497 e. The van der Waals surface area contributed by atoms with Gasteiger partial charge in [-0.2, -0.15) is 0 Å². The monoisotopic (exact) mass is 521 g/mol. The van der Waals surface area contributed by atoms with Crippen molar-refractivity contribution in [2.24, 2.45) is 11.8 Å². The van der Waals surface area contributed by atoms with Gasteiger partial charge in [-0.15, -0.1) is 0 Å². The number of piperazine rings is 1. The van der Waals surface area contributed by atoms with Gasteiger partial charge in [0.2, 0.25) is 0 Å². The molecule has 1 amide bonds. The van der Waals surface area contributed by atoms with Crippen molar-refractivity contribution in [1.29, 1.82) is 0 Å². The molecule has 0 bridgehead atoms. The molecule has 1 atom stereocenters. The van der Waals surface area contributed by atoms with Crippen molar-refractivity contribution in [3.63, 3.8) is 0 Å². The third-order valence-electron chi connectivity index (χ3n) is 8.15. The van der Waals surface area contributed by atoms with Crippen LogP contribution in [0.2, 0.25) is 0 Å². The zero-order valence-electron chi connectivity index (χ0n) is 22.2. The van der Waals surface area contributed by atoms with Crippen LogP contribution in [0, 0.1) is 11.8 Å². The predicted octanol–water partition coefficient (Wildman–Crippen LogP) is 4.00. The van der Waals surface area contributed by atoms with E-state index >= 15 is 0 Å². The number of aliphatic carboxylic acids is 1. The maximum atomic E-state index is 13.3. The van der Waals surface area contributed by atoms with E-state index < -0.39 is 5.97 Å². The molecular weight excluding hydrogens is 482 g/mol. The molecule has 1 saturated carbocycles. The van der Waals surface area contributed by atoms with Crippen LogP contribution in [0.25, 0.3) is 0 Å². The summed E-state index contributed by atoms with van der Waals surface area (Å²) in [6.45, 7) is 5.44. The van der Waals surface area contributed by atoms with Crippen molar-refractivity contribution in [2.45, 2.75) is 38.0 Å². The van der Waals surface area contributed by atoms with Crippen molar-refractivity contribution < 1.29 is 24.2 Å². The highest BCUT2D eigenvalue weighted by Gasteiger charge is 2.34. The number of carboxylic acid groups (broad SMARTS) is 1. The summed E-state index contributed by atoms with van der Waals surface area (Å²) in [5, 5.41) is 12.7. The number of hydrogen-bond donors (Lipinski definition) is 2. The molecule has 1 unspecified atom stereocenters. The van der Waals surface area contributed by atoms with E-state index in [2.05, 4.69) is 10.2 Å². The maximum Gasteiger partial charge on any atom is 0.303 e. The Morgan fingerprint density at radius 1 is 1.00 bits per heavy atom. The quantitative estimate of drug-likeness (QED) is 0.488. The number of nitrogens with zero attached hydrogens (tertiary/aromatic N) is 2. The first kappa shape index (κ1) is 26.4. The molecule has 3 aliphatic rings. The van der Waals surface area contributed by atoms with E-state index in [9.17, 15) is 14.7 Å². The Balaban J connectivity index is 1.19. The zero-order chi connectivity index (χ0) is 26.5. The molecule has 2 aliphatic heterocycles. The average molecular weight is 522 g/mol. The Morgan fingerprint density at radius 3 is 2.45 bits per heavy atom. The third kappa shape index (κ3) is 6.41. The first-order valence-corrected chi connectivity index (χ1v) is 13.9. The highest BCUT2D eigenvalue weighted by molar-refractivity contribution is 6.00. The van der Waals surface area contributed by atoms with Gasteiger partial charge in [0, 0.05) is 45.3 Å². The van der Waals surface area contributed by atoms with Crippen LogP contribution < -0.4 is 19.7 Å². The number of piperidine rings is 1. The maximum absolute atomic E-state index is 13.3. The Hall–Kier alpha value is -3.26. The van der Waals surface area contributed by atoms with E-state index in [1.807, 2.05) is 47.4 Å². The van der Waals surface area contributed by atoms with Crippen LogP contribution in [-0.2, 0) is 4.79 Å². The van der Waals surface area contributed by atoms with Crippen molar-refractivity contribution in [3.05, 3.63) is 53.6 Å². The SMILES string of the molecule is COc1ccc(C(=O)N2CCNCC2)c(N2CCC(COc3cccc(C(CC(=O)O)C4CC4)c3)CC2)c1. The second kappa shape index (κ2) is 12.1. The standard InChI is InChI=1S/C30H39N3O5/c1-37-24-7-8-26(30(36)33-15-11-31-12-16-33)28(18-24)32-13-9-21(10-14-32)20-38-25-4-2-3-23(17-25)27(19-29(34)35)22-5-6-22/h2-4,7-8,17-18,21-22,27,31H,5-6,9-16,19-20H2,1H3,(H,34,35). The van der Waals surface area contributed by atoms with Gasteiger partial charge in [0.15, 0.2) is 0 Å². The number of benzene rings is 2. The van der Waals surface area contributed by atoms with Crippen molar-refractivity contribution in [1.82, 2.24) is 10.2 Å². The topological polar surface area (TPSA) is 91.3 Å². The normalized spacial score (nSPS) is 19.2. The minimum Gasteiger partial charge on any atom is -0.497 e. The number of carboxylic acids is 1. The molecule has 8 heteroatoms. The minimum absolute atomic E-state index is 0.0697. The number of ether oxygens (including phenoxy) is 2. The molecule has 0 aromatic heterocycles. The van der Waals surface area contributed by atoms with Gasteiger partial charge in [-0.1, -0.05) is 12.1 Å².